The second-order valence-corrected chi connectivity index (χ2v) is 7.13. The Balaban J connectivity index is 1.67. The van der Waals surface area contributed by atoms with Crippen LogP contribution in [0.5, 0.6) is 5.88 Å². The first-order valence-corrected chi connectivity index (χ1v) is 9.35. The van der Waals surface area contributed by atoms with E-state index in [-0.39, 0.29) is 56.1 Å². The number of methoxy groups -OCH3 is 1. The number of piperidine rings is 1. The Morgan fingerprint density at radius 1 is 1.36 bits per heavy atom. The summed E-state index contributed by atoms with van der Waals surface area (Å²) in [7, 11) is 1.38. The summed E-state index contributed by atoms with van der Waals surface area (Å²) >= 11 is 0. The number of ether oxygens (including phenoxy) is 1. The molecule has 1 aromatic rings. The Kier molecular flexibility index (Phi) is 6.26. The highest BCUT2D eigenvalue weighted by molar-refractivity contribution is 5.82. The molecule has 28 heavy (non-hydrogen) atoms. The number of nitrogens with zero attached hydrogens (tertiary/aromatic N) is 2. The molecule has 6 nitrogen and oxygen atoms in total. The summed E-state index contributed by atoms with van der Waals surface area (Å²) in [4.78, 5) is 17.8. The molecule has 3 rings (SSSR count). The number of hydrogen-bond acceptors (Lipinski definition) is 5. The zero-order valence-electron chi connectivity index (χ0n) is 15.6. The average molecular weight is 404 g/mol. The van der Waals surface area contributed by atoms with Crippen molar-refractivity contribution in [1.29, 1.82) is 0 Å². The van der Waals surface area contributed by atoms with Crippen LogP contribution in [0, 0.1) is 11.7 Å². The van der Waals surface area contributed by atoms with E-state index in [9.17, 15) is 22.4 Å². The van der Waals surface area contributed by atoms with E-state index in [2.05, 4.69) is 15.6 Å². The van der Waals surface area contributed by atoms with Gasteiger partial charge in [-0.1, -0.05) is 0 Å². The summed E-state index contributed by atoms with van der Waals surface area (Å²) in [5.41, 5.74) is 0.375. The molecule has 0 unspecified atom stereocenters. The topological polar surface area (TPSA) is 66.5 Å². The predicted octanol–water partition coefficient (Wildman–Crippen LogP) is 2.38. The molecule has 0 spiro atoms. The lowest BCUT2D eigenvalue weighted by atomic mass is 9.96. The molecule has 1 amide bonds. The maximum atomic E-state index is 14.6. The van der Waals surface area contributed by atoms with E-state index in [1.165, 1.54) is 18.1 Å². The van der Waals surface area contributed by atoms with Gasteiger partial charge in [0.2, 0.25) is 11.8 Å². The Labute approximate surface area is 160 Å². The van der Waals surface area contributed by atoms with Gasteiger partial charge in [0.15, 0.2) is 11.6 Å². The molecule has 0 bridgehead atoms. The maximum Gasteiger partial charge on any atom is 0.391 e. The first-order chi connectivity index (χ1) is 13.3. The SMILES string of the molecule is COc1nc(N2CCC(C(F)(F)F)CC2)c(F)cc1CNC(=O)[C@@H]1CCCN1. The third-order valence-corrected chi connectivity index (χ3v) is 5.28. The minimum absolute atomic E-state index is 0.0231. The van der Waals surface area contributed by atoms with Gasteiger partial charge in [0.05, 0.1) is 19.1 Å². The lowest BCUT2D eigenvalue weighted by Crippen LogP contribution is -2.40. The van der Waals surface area contributed by atoms with Gasteiger partial charge in [-0.2, -0.15) is 18.2 Å². The van der Waals surface area contributed by atoms with Gasteiger partial charge in [-0.15, -0.1) is 0 Å². The van der Waals surface area contributed by atoms with Crippen molar-refractivity contribution >= 4 is 11.7 Å². The second-order valence-electron chi connectivity index (χ2n) is 7.13. The quantitative estimate of drug-likeness (QED) is 0.738. The largest absolute Gasteiger partial charge is 0.481 e. The van der Waals surface area contributed by atoms with Crippen LogP contribution >= 0.6 is 0 Å². The van der Waals surface area contributed by atoms with Crippen molar-refractivity contribution in [2.45, 2.75) is 44.4 Å². The number of pyridine rings is 1. The first kappa shape index (κ1) is 20.6. The molecule has 10 heteroatoms. The lowest BCUT2D eigenvalue weighted by molar-refractivity contribution is -0.179. The molecule has 0 radical (unpaired) electrons. The van der Waals surface area contributed by atoms with Crippen LogP contribution in [0.1, 0.15) is 31.2 Å². The molecule has 2 aliphatic heterocycles. The molecule has 2 aliphatic rings. The van der Waals surface area contributed by atoms with E-state index in [4.69, 9.17) is 4.74 Å². The van der Waals surface area contributed by atoms with Crippen molar-refractivity contribution in [3.63, 3.8) is 0 Å². The normalized spacial score (nSPS) is 21.0. The number of rotatable bonds is 5. The van der Waals surface area contributed by atoms with Gasteiger partial charge < -0.3 is 20.3 Å². The van der Waals surface area contributed by atoms with Crippen LogP contribution < -0.4 is 20.3 Å². The molecule has 1 aromatic heterocycles. The number of carbonyl (C=O) groups excluding carboxylic acids is 1. The van der Waals surface area contributed by atoms with Crippen molar-refractivity contribution in [3.8, 4) is 5.88 Å². The molecule has 2 N–H and O–H groups in total. The molecule has 156 valence electrons. The van der Waals surface area contributed by atoms with Crippen LogP contribution in [-0.4, -0.2) is 49.9 Å². The summed E-state index contributed by atoms with van der Waals surface area (Å²) in [6, 6.07) is 0.970. The number of alkyl halides is 3. The van der Waals surface area contributed by atoms with Crippen molar-refractivity contribution in [3.05, 3.63) is 17.4 Å². The second kappa shape index (κ2) is 8.50. The van der Waals surface area contributed by atoms with Crippen molar-refractivity contribution in [2.24, 2.45) is 5.92 Å². The van der Waals surface area contributed by atoms with Gasteiger partial charge in [-0.3, -0.25) is 4.79 Å². The summed E-state index contributed by atoms with van der Waals surface area (Å²) < 4.78 is 58.3. The van der Waals surface area contributed by atoms with E-state index in [0.29, 0.717) is 5.56 Å². The zero-order chi connectivity index (χ0) is 20.3. The number of halogens is 4. The summed E-state index contributed by atoms with van der Waals surface area (Å²) in [6.45, 7) is 0.985. The van der Waals surface area contributed by atoms with Crippen LogP contribution in [0.25, 0.3) is 0 Å². The Morgan fingerprint density at radius 2 is 2.07 bits per heavy atom. The van der Waals surface area contributed by atoms with E-state index < -0.39 is 17.9 Å². The van der Waals surface area contributed by atoms with Gasteiger partial charge in [0, 0.05) is 25.2 Å². The molecule has 2 saturated heterocycles. The van der Waals surface area contributed by atoms with Crippen molar-refractivity contribution in [2.75, 3.05) is 31.6 Å². The van der Waals surface area contributed by atoms with Gasteiger partial charge in [0.1, 0.15) is 0 Å². The van der Waals surface area contributed by atoms with Gasteiger partial charge in [0.25, 0.3) is 0 Å². The molecule has 0 aromatic carbocycles. The minimum atomic E-state index is -4.23. The van der Waals surface area contributed by atoms with Crippen molar-refractivity contribution < 1.29 is 27.1 Å². The third kappa shape index (κ3) is 4.65. The van der Waals surface area contributed by atoms with Gasteiger partial charge in [-0.05, 0) is 38.3 Å². The number of nitrogens with one attached hydrogen (secondary N) is 2. The summed E-state index contributed by atoms with van der Waals surface area (Å²) in [6.07, 6.45) is -2.75. The summed E-state index contributed by atoms with van der Waals surface area (Å²) in [5, 5.41) is 5.82. The van der Waals surface area contributed by atoms with Crippen LogP contribution in [0.4, 0.5) is 23.4 Å². The molecule has 3 heterocycles. The molecular weight excluding hydrogens is 380 g/mol. The van der Waals surface area contributed by atoms with Crippen LogP contribution in [0.15, 0.2) is 6.07 Å². The first-order valence-electron chi connectivity index (χ1n) is 9.35. The fourth-order valence-electron chi connectivity index (χ4n) is 3.66. The minimum Gasteiger partial charge on any atom is -0.481 e. The predicted molar refractivity (Wildman–Crippen MR) is 94.6 cm³/mol. The maximum absolute atomic E-state index is 14.6. The molecular formula is C18H24F4N4O2. The average Bonchev–Trinajstić information content (AvgIpc) is 3.20. The fraction of sp³-hybridized carbons (Fsp3) is 0.667. The summed E-state index contributed by atoms with van der Waals surface area (Å²) in [5.74, 6) is -2.06. The highest BCUT2D eigenvalue weighted by atomic mass is 19.4. The van der Waals surface area contributed by atoms with Gasteiger partial charge >= 0.3 is 6.18 Å². The van der Waals surface area contributed by atoms with Crippen molar-refractivity contribution in [1.82, 2.24) is 15.6 Å². The molecule has 2 fully saturated rings. The zero-order valence-corrected chi connectivity index (χ0v) is 15.6. The van der Waals surface area contributed by atoms with Gasteiger partial charge in [-0.25, -0.2) is 4.39 Å². The highest BCUT2D eigenvalue weighted by Crippen LogP contribution is 2.36. The number of anilines is 1. The number of amides is 1. The van der Waals surface area contributed by atoms with Crippen LogP contribution in [0.2, 0.25) is 0 Å². The fourth-order valence-corrected chi connectivity index (χ4v) is 3.66. The number of aromatic nitrogens is 1. The Bertz CT molecular complexity index is 700. The van der Waals surface area contributed by atoms with E-state index in [1.54, 1.807) is 0 Å². The van der Waals surface area contributed by atoms with Crippen LogP contribution in [0.3, 0.4) is 0 Å². The molecule has 1 atom stereocenters. The third-order valence-electron chi connectivity index (χ3n) is 5.28. The Hall–Kier alpha value is -2.10. The standard InChI is InChI=1S/C18H24F4N4O2/c1-28-17-11(10-24-16(27)14-3-2-6-23-14)9-13(19)15(25-17)26-7-4-12(5-8-26)18(20,21)22/h9,12,14,23H,2-8,10H2,1H3,(H,24,27)/t14-/m0/s1. The highest BCUT2D eigenvalue weighted by Gasteiger charge is 2.41. The van der Waals surface area contributed by atoms with E-state index in [0.717, 1.165) is 19.4 Å². The molecule has 0 saturated carbocycles. The monoisotopic (exact) mass is 404 g/mol. The smallest absolute Gasteiger partial charge is 0.391 e. The van der Waals surface area contributed by atoms with E-state index in [1.807, 2.05) is 0 Å². The lowest BCUT2D eigenvalue weighted by Gasteiger charge is -2.34. The number of hydrogen-bond donors (Lipinski definition) is 2. The van der Waals surface area contributed by atoms with E-state index >= 15 is 0 Å². The number of carbonyl (C=O) groups is 1. The van der Waals surface area contributed by atoms with Crippen LogP contribution in [-0.2, 0) is 11.3 Å². The Morgan fingerprint density at radius 3 is 2.64 bits per heavy atom. The molecule has 0 aliphatic carbocycles.